The molecule has 1 heterocycles. The molecule has 1 aliphatic heterocycles. The maximum Gasteiger partial charge on any atom is 0.492 e. The monoisotopic (exact) mass is 603 g/mol. The molecular weight excluding hydrogens is 575 g/mol. The summed E-state index contributed by atoms with van der Waals surface area (Å²) < 4.78 is 62.5. The quantitative estimate of drug-likeness (QED) is 0.223. The molecule has 0 atom stereocenters. The summed E-state index contributed by atoms with van der Waals surface area (Å²) in [6.07, 6.45) is -4.11. The molecule has 1 aliphatic rings. The van der Waals surface area contributed by atoms with Crippen LogP contribution in [0.1, 0.15) is 18.4 Å². The molecule has 42 heavy (non-hydrogen) atoms. The highest BCUT2D eigenvalue weighted by atomic mass is 32.2. The SMILES string of the molecule is CS(=O)(=O)c1ccccc1-c1ccc(NC(=O)C2(Nc3cccc(C(=N)N)c3)CCN(OC(=O)C(F)(F)F)CC2)cc1. The first-order valence-corrected chi connectivity index (χ1v) is 14.5. The Morgan fingerprint density at radius 2 is 1.62 bits per heavy atom. The second kappa shape index (κ2) is 11.8. The van der Waals surface area contributed by atoms with Crippen LogP contribution in [0, 0.1) is 5.41 Å². The standard InChI is InChI=1S/C28H28F3N5O5S/c1-42(39,40)23-8-3-2-7-22(23)18-9-11-20(12-10-18)34-25(37)27(35-21-6-4-5-19(17-21)24(32)33)13-15-36(16-14-27)41-26(38)28(29,30)31/h2-12,17,35H,13-16H2,1H3,(H3,32,33)(H,34,37). The molecule has 14 heteroatoms. The van der Waals surface area contributed by atoms with Crippen molar-refractivity contribution in [1.82, 2.24) is 5.06 Å². The number of hydrogen-bond donors (Lipinski definition) is 4. The minimum Gasteiger partial charge on any atom is -0.384 e. The number of alkyl halides is 3. The maximum absolute atomic E-state index is 13.7. The predicted molar refractivity (Wildman–Crippen MR) is 150 cm³/mol. The van der Waals surface area contributed by atoms with Crippen molar-refractivity contribution in [3.63, 3.8) is 0 Å². The number of sulfone groups is 1. The molecule has 3 aromatic carbocycles. The summed E-state index contributed by atoms with van der Waals surface area (Å²) in [6.45, 7) is -0.342. The van der Waals surface area contributed by atoms with Crippen molar-refractivity contribution in [2.75, 3.05) is 30.0 Å². The van der Waals surface area contributed by atoms with E-state index in [-0.39, 0.29) is 36.7 Å². The summed E-state index contributed by atoms with van der Waals surface area (Å²) in [7, 11) is -3.49. The van der Waals surface area contributed by atoms with Crippen LogP contribution < -0.4 is 16.4 Å². The number of nitrogens with one attached hydrogen (secondary N) is 3. The Hall–Kier alpha value is -4.43. The Morgan fingerprint density at radius 1 is 0.976 bits per heavy atom. The fourth-order valence-electron chi connectivity index (χ4n) is 4.59. The molecule has 1 amide bonds. The maximum atomic E-state index is 13.7. The third-order valence-electron chi connectivity index (χ3n) is 6.75. The zero-order chi connectivity index (χ0) is 30.7. The van der Waals surface area contributed by atoms with Gasteiger partial charge < -0.3 is 21.2 Å². The van der Waals surface area contributed by atoms with E-state index in [0.29, 0.717) is 28.1 Å². The number of nitrogens with zero attached hydrogens (tertiary/aromatic N) is 1. The van der Waals surface area contributed by atoms with E-state index >= 15 is 0 Å². The predicted octanol–water partition coefficient (Wildman–Crippen LogP) is 3.95. The van der Waals surface area contributed by atoms with Gasteiger partial charge in [0.2, 0.25) is 5.91 Å². The van der Waals surface area contributed by atoms with Crippen LogP contribution in [0.5, 0.6) is 0 Å². The van der Waals surface area contributed by atoms with Crippen molar-refractivity contribution in [3.8, 4) is 11.1 Å². The van der Waals surface area contributed by atoms with Gasteiger partial charge in [0.1, 0.15) is 11.4 Å². The number of amidine groups is 1. The van der Waals surface area contributed by atoms with Gasteiger partial charge in [0.05, 0.1) is 4.90 Å². The Morgan fingerprint density at radius 3 is 2.21 bits per heavy atom. The van der Waals surface area contributed by atoms with E-state index in [2.05, 4.69) is 15.5 Å². The molecular formula is C28H28F3N5O5S. The highest BCUT2D eigenvalue weighted by molar-refractivity contribution is 7.90. The number of amides is 1. The van der Waals surface area contributed by atoms with E-state index in [1.165, 1.54) is 6.07 Å². The van der Waals surface area contributed by atoms with Gasteiger partial charge in [-0.3, -0.25) is 10.2 Å². The van der Waals surface area contributed by atoms with Crippen LogP contribution in [-0.4, -0.2) is 62.3 Å². The van der Waals surface area contributed by atoms with Crippen LogP contribution in [0.4, 0.5) is 24.5 Å². The third-order valence-corrected chi connectivity index (χ3v) is 7.91. The Balaban J connectivity index is 1.57. The summed E-state index contributed by atoms with van der Waals surface area (Å²) >= 11 is 0. The summed E-state index contributed by atoms with van der Waals surface area (Å²) in [5, 5.41) is 14.5. The Labute approximate surface area is 240 Å². The fraction of sp³-hybridized carbons (Fsp3) is 0.250. The molecule has 10 nitrogen and oxygen atoms in total. The summed E-state index contributed by atoms with van der Waals surface area (Å²) in [5.74, 6) is -3.04. The first kappa shape index (κ1) is 30.5. The Bertz CT molecular complexity index is 1600. The largest absolute Gasteiger partial charge is 0.492 e. The van der Waals surface area contributed by atoms with E-state index in [9.17, 15) is 31.2 Å². The first-order valence-electron chi connectivity index (χ1n) is 12.7. The number of halogens is 3. The molecule has 3 aromatic rings. The van der Waals surface area contributed by atoms with Crippen LogP contribution in [0.2, 0.25) is 0 Å². The van der Waals surface area contributed by atoms with Crippen molar-refractivity contribution >= 4 is 38.9 Å². The van der Waals surface area contributed by atoms with Crippen molar-refractivity contribution in [2.24, 2.45) is 5.73 Å². The number of rotatable bonds is 8. The number of anilines is 2. The number of carbonyl (C=O) groups is 2. The number of hydroxylamine groups is 2. The number of piperidine rings is 1. The lowest BCUT2D eigenvalue weighted by molar-refractivity contribution is -0.242. The van der Waals surface area contributed by atoms with E-state index in [0.717, 1.165) is 11.3 Å². The molecule has 0 spiro atoms. The topological polar surface area (TPSA) is 155 Å². The number of nitrogens with two attached hydrogens (primary N) is 1. The number of benzene rings is 3. The lowest BCUT2D eigenvalue weighted by Gasteiger charge is -2.40. The molecule has 0 aliphatic carbocycles. The van der Waals surface area contributed by atoms with Crippen molar-refractivity contribution in [1.29, 1.82) is 5.41 Å². The summed E-state index contributed by atoms with van der Waals surface area (Å²) in [6, 6.07) is 19.6. The van der Waals surface area contributed by atoms with E-state index in [1.54, 1.807) is 66.7 Å². The smallest absolute Gasteiger partial charge is 0.384 e. The molecule has 5 N–H and O–H groups in total. The number of hydrogen-bond acceptors (Lipinski definition) is 8. The summed E-state index contributed by atoms with van der Waals surface area (Å²) in [5.41, 5.74) is 6.62. The van der Waals surface area contributed by atoms with Gasteiger partial charge in [-0.1, -0.05) is 42.5 Å². The molecule has 1 fully saturated rings. The van der Waals surface area contributed by atoms with Crippen LogP contribution in [0.15, 0.2) is 77.7 Å². The van der Waals surface area contributed by atoms with Crippen LogP contribution in [-0.2, 0) is 24.3 Å². The van der Waals surface area contributed by atoms with Gasteiger partial charge in [-0.2, -0.15) is 13.2 Å². The van der Waals surface area contributed by atoms with E-state index in [4.69, 9.17) is 11.1 Å². The Kier molecular flexibility index (Phi) is 8.59. The summed E-state index contributed by atoms with van der Waals surface area (Å²) in [4.78, 5) is 29.7. The van der Waals surface area contributed by atoms with Gasteiger partial charge in [0, 0.05) is 41.8 Å². The fourth-order valence-corrected chi connectivity index (χ4v) is 5.50. The lowest BCUT2D eigenvalue weighted by Crippen LogP contribution is -2.57. The van der Waals surface area contributed by atoms with Crippen molar-refractivity contribution in [2.45, 2.75) is 29.5 Å². The molecule has 4 rings (SSSR count). The zero-order valence-corrected chi connectivity index (χ0v) is 23.2. The van der Waals surface area contributed by atoms with Crippen LogP contribution >= 0.6 is 0 Å². The van der Waals surface area contributed by atoms with Gasteiger partial charge in [0.15, 0.2) is 9.84 Å². The van der Waals surface area contributed by atoms with E-state index in [1.807, 2.05) is 0 Å². The molecule has 0 unspecified atom stereocenters. The lowest BCUT2D eigenvalue weighted by atomic mass is 9.86. The highest BCUT2D eigenvalue weighted by Crippen LogP contribution is 2.32. The molecule has 0 radical (unpaired) electrons. The minimum atomic E-state index is -5.16. The number of nitrogen functional groups attached to an aromatic ring is 1. The number of carbonyl (C=O) groups excluding carboxylic acids is 2. The van der Waals surface area contributed by atoms with Gasteiger partial charge in [-0.05, 0) is 48.7 Å². The highest BCUT2D eigenvalue weighted by Gasteiger charge is 2.46. The molecule has 0 saturated carbocycles. The van der Waals surface area contributed by atoms with Gasteiger partial charge >= 0.3 is 12.1 Å². The minimum absolute atomic E-state index is 0.0336. The normalized spacial score (nSPS) is 15.4. The average Bonchev–Trinajstić information content (AvgIpc) is 2.93. The van der Waals surface area contributed by atoms with Crippen LogP contribution in [0.25, 0.3) is 11.1 Å². The van der Waals surface area contributed by atoms with Gasteiger partial charge in [0.25, 0.3) is 0 Å². The van der Waals surface area contributed by atoms with Gasteiger partial charge in [-0.15, -0.1) is 5.06 Å². The second-order valence-electron chi connectivity index (χ2n) is 9.81. The van der Waals surface area contributed by atoms with Crippen molar-refractivity contribution < 1.29 is 36.0 Å². The first-order chi connectivity index (χ1) is 19.7. The average molecular weight is 604 g/mol. The molecule has 0 bridgehead atoms. The third kappa shape index (κ3) is 7.06. The second-order valence-corrected chi connectivity index (χ2v) is 11.8. The van der Waals surface area contributed by atoms with Crippen LogP contribution in [0.3, 0.4) is 0 Å². The van der Waals surface area contributed by atoms with E-state index < -0.39 is 33.4 Å². The van der Waals surface area contributed by atoms with Gasteiger partial charge in [-0.25, -0.2) is 13.2 Å². The zero-order valence-electron chi connectivity index (χ0n) is 22.4. The molecule has 222 valence electrons. The molecule has 1 saturated heterocycles. The molecule has 0 aromatic heterocycles. The van der Waals surface area contributed by atoms with Crippen molar-refractivity contribution in [3.05, 3.63) is 78.4 Å².